The number of hydrogen-bond acceptors (Lipinski definition) is 4. The Kier molecular flexibility index (Phi) is 9.58. The summed E-state index contributed by atoms with van der Waals surface area (Å²) < 4.78 is 11.3. The Morgan fingerprint density at radius 1 is 1.17 bits per heavy atom. The van der Waals surface area contributed by atoms with Crippen LogP contribution in [-0.2, 0) is 4.74 Å². The van der Waals surface area contributed by atoms with Crippen molar-refractivity contribution in [3.8, 4) is 17.2 Å². The summed E-state index contributed by atoms with van der Waals surface area (Å²) in [5, 5.41) is 2.76. The van der Waals surface area contributed by atoms with Gasteiger partial charge >= 0.3 is 6.09 Å². The van der Waals surface area contributed by atoms with E-state index in [1.165, 1.54) is 0 Å². The maximum atomic E-state index is 11.7. The smallest absolute Gasteiger partial charge is 0.407 e. The molecule has 162 valence electrons. The lowest BCUT2D eigenvalue weighted by Gasteiger charge is -2.24. The molecule has 0 aromatic heterocycles. The van der Waals surface area contributed by atoms with Crippen LogP contribution in [0, 0.1) is 11.5 Å². The molecule has 1 rings (SSSR count). The fraction of sp³-hybridized carbons (Fsp3) is 0.609. The number of anilines is 1. The molecule has 0 fully saturated rings. The van der Waals surface area contributed by atoms with Crippen molar-refractivity contribution in [1.29, 1.82) is 0 Å². The number of ether oxygens (including phenoxy) is 2. The first-order valence-electron chi connectivity index (χ1n) is 10.5. The Bertz CT molecular complexity index is 720. The predicted molar refractivity (Wildman–Crippen MR) is 125 cm³/mol. The highest BCUT2D eigenvalue weighted by atomic mass is 28.3. The van der Waals surface area contributed by atoms with Crippen LogP contribution < -0.4 is 15.0 Å². The second-order valence-corrected chi connectivity index (χ2v) is 13.7. The molecule has 0 saturated carbocycles. The summed E-state index contributed by atoms with van der Waals surface area (Å²) in [7, 11) is -1.42. The molecule has 1 N–H and O–H groups in total. The van der Waals surface area contributed by atoms with Crippen LogP contribution in [0.25, 0.3) is 0 Å². The average Bonchev–Trinajstić information content (AvgIpc) is 2.59. The minimum Gasteiger partial charge on any atom is -0.491 e. The third-order valence-electron chi connectivity index (χ3n) is 3.89. The Morgan fingerprint density at radius 3 is 2.38 bits per heavy atom. The number of nitrogens with one attached hydrogen (secondary N) is 1. The predicted octanol–water partition coefficient (Wildman–Crippen LogP) is 5.06. The highest BCUT2D eigenvalue weighted by molar-refractivity contribution is 6.83. The summed E-state index contributed by atoms with van der Waals surface area (Å²) in [4.78, 5) is 14.0. The number of carbonyl (C=O) groups excluding carboxylic acids is 1. The van der Waals surface area contributed by atoms with E-state index in [4.69, 9.17) is 9.47 Å². The lowest BCUT2D eigenvalue weighted by Crippen LogP contribution is -2.33. The zero-order chi connectivity index (χ0) is 22.1. The number of nitrogens with zero attached hydrogens (tertiary/aromatic N) is 1. The van der Waals surface area contributed by atoms with Crippen molar-refractivity contribution in [2.75, 3.05) is 31.1 Å². The Labute approximate surface area is 178 Å². The van der Waals surface area contributed by atoms with Crippen molar-refractivity contribution in [2.24, 2.45) is 0 Å². The maximum absolute atomic E-state index is 11.7. The zero-order valence-corrected chi connectivity index (χ0v) is 20.4. The molecule has 6 heteroatoms. The molecular formula is C23H38N2O3Si. The Hall–Kier alpha value is -2.13. The molecule has 1 amide bonds. The number of benzene rings is 1. The maximum Gasteiger partial charge on any atom is 0.407 e. The molecule has 0 aliphatic rings. The van der Waals surface area contributed by atoms with Crippen LogP contribution >= 0.6 is 0 Å². The third-order valence-corrected chi connectivity index (χ3v) is 4.77. The summed E-state index contributed by atoms with van der Waals surface area (Å²) >= 11 is 0. The number of carbonyl (C=O) groups is 1. The van der Waals surface area contributed by atoms with Gasteiger partial charge in [0.25, 0.3) is 0 Å². The molecule has 1 aromatic rings. The molecule has 5 nitrogen and oxygen atoms in total. The molecule has 29 heavy (non-hydrogen) atoms. The van der Waals surface area contributed by atoms with Crippen LogP contribution in [0.1, 0.15) is 46.6 Å². The number of hydrogen-bond donors (Lipinski definition) is 1. The minimum absolute atomic E-state index is 0.397. The monoisotopic (exact) mass is 418 g/mol. The standard InChI is InChI=1S/C23H38N2O3Si/c1-9-25(10-2)20-18-19(14-17-29(6,7)8)12-13-21(20)27-16-11-15-24-22(26)28-23(3,4)5/h12-13,18H,9-11,15-16H2,1-8H3,(H,24,26). The molecule has 0 saturated heterocycles. The molecule has 0 bridgehead atoms. The third kappa shape index (κ3) is 10.3. The van der Waals surface area contributed by atoms with Crippen molar-refractivity contribution in [2.45, 2.75) is 66.3 Å². The lowest BCUT2D eigenvalue weighted by atomic mass is 10.1. The van der Waals surface area contributed by atoms with Crippen molar-refractivity contribution >= 4 is 19.9 Å². The summed E-state index contributed by atoms with van der Waals surface area (Å²) in [6.45, 7) is 19.4. The highest BCUT2D eigenvalue weighted by Gasteiger charge is 2.15. The molecule has 1 aromatic carbocycles. The molecule has 0 aliphatic heterocycles. The first kappa shape index (κ1) is 24.9. The van der Waals surface area contributed by atoms with Gasteiger partial charge in [-0.15, -0.1) is 5.54 Å². The van der Waals surface area contributed by atoms with Gasteiger partial charge in [0.1, 0.15) is 19.4 Å². The Balaban J connectivity index is 2.74. The van der Waals surface area contributed by atoms with Gasteiger partial charge in [-0.2, -0.15) is 0 Å². The SMILES string of the molecule is CCN(CC)c1cc(C#C[Si](C)(C)C)ccc1OCCCNC(=O)OC(C)(C)C. The normalized spacial score (nSPS) is 11.3. The van der Waals surface area contributed by atoms with E-state index in [1.54, 1.807) is 0 Å². The average molecular weight is 419 g/mol. The quantitative estimate of drug-likeness (QED) is 0.364. The van der Waals surface area contributed by atoms with Gasteiger partial charge in [0, 0.05) is 25.2 Å². The fourth-order valence-corrected chi connectivity index (χ4v) is 3.07. The molecule has 0 heterocycles. The van der Waals surface area contributed by atoms with Gasteiger partial charge in [-0.3, -0.25) is 0 Å². The molecule has 0 spiro atoms. The van der Waals surface area contributed by atoms with Crippen molar-refractivity contribution in [3.05, 3.63) is 23.8 Å². The van der Waals surface area contributed by atoms with E-state index in [2.05, 4.69) is 61.2 Å². The van der Waals surface area contributed by atoms with Gasteiger partial charge in [-0.05, 0) is 59.2 Å². The second kappa shape index (κ2) is 11.2. The van der Waals surface area contributed by atoms with Gasteiger partial charge in [-0.25, -0.2) is 4.79 Å². The Morgan fingerprint density at radius 2 is 1.83 bits per heavy atom. The van der Waals surface area contributed by atoms with E-state index in [1.807, 2.05) is 32.9 Å². The van der Waals surface area contributed by atoms with E-state index >= 15 is 0 Å². The summed E-state index contributed by atoms with van der Waals surface area (Å²) in [6, 6.07) is 6.14. The van der Waals surface area contributed by atoms with Crippen LogP contribution in [0.15, 0.2) is 18.2 Å². The fourth-order valence-electron chi connectivity index (χ4n) is 2.55. The van der Waals surface area contributed by atoms with Crippen LogP contribution in [0.5, 0.6) is 5.75 Å². The van der Waals surface area contributed by atoms with Gasteiger partial charge in [-0.1, -0.05) is 25.6 Å². The largest absolute Gasteiger partial charge is 0.491 e. The number of amides is 1. The van der Waals surface area contributed by atoms with Crippen LogP contribution in [0.3, 0.4) is 0 Å². The molecule has 0 radical (unpaired) electrons. The van der Waals surface area contributed by atoms with Crippen molar-refractivity contribution in [3.63, 3.8) is 0 Å². The van der Waals surface area contributed by atoms with Gasteiger partial charge < -0.3 is 19.7 Å². The van der Waals surface area contributed by atoms with E-state index in [0.29, 0.717) is 19.6 Å². The van der Waals surface area contributed by atoms with Gasteiger partial charge in [0.15, 0.2) is 0 Å². The molecule has 0 unspecified atom stereocenters. The highest BCUT2D eigenvalue weighted by Crippen LogP contribution is 2.29. The van der Waals surface area contributed by atoms with E-state index < -0.39 is 19.8 Å². The zero-order valence-electron chi connectivity index (χ0n) is 19.4. The summed E-state index contributed by atoms with van der Waals surface area (Å²) in [5.74, 6) is 4.18. The van der Waals surface area contributed by atoms with Gasteiger partial charge in [0.2, 0.25) is 0 Å². The number of alkyl carbamates (subject to hydrolysis) is 1. The lowest BCUT2D eigenvalue weighted by molar-refractivity contribution is 0.0525. The van der Waals surface area contributed by atoms with E-state index in [0.717, 1.165) is 30.1 Å². The van der Waals surface area contributed by atoms with Crippen LogP contribution in [-0.4, -0.2) is 46.0 Å². The van der Waals surface area contributed by atoms with Crippen LogP contribution in [0.2, 0.25) is 19.6 Å². The van der Waals surface area contributed by atoms with Crippen molar-refractivity contribution in [1.82, 2.24) is 5.32 Å². The van der Waals surface area contributed by atoms with Crippen molar-refractivity contribution < 1.29 is 14.3 Å². The second-order valence-electron chi connectivity index (χ2n) is 8.99. The van der Waals surface area contributed by atoms with Gasteiger partial charge in [0.05, 0.1) is 12.3 Å². The van der Waals surface area contributed by atoms with Crippen LogP contribution in [0.4, 0.5) is 10.5 Å². The van der Waals surface area contributed by atoms with E-state index in [-0.39, 0.29) is 0 Å². The first-order chi connectivity index (χ1) is 13.4. The number of rotatable bonds is 8. The van der Waals surface area contributed by atoms with E-state index in [9.17, 15) is 4.79 Å². The first-order valence-corrected chi connectivity index (χ1v) is 14.0. The summed E-state index contributed by atoms with van der Waals surface area (Å²) in [6.07, 6.45) is 0.306. The molecular weight excluding hydrogens is 380 g/mol. The topological polar surface area (TPSA) is 50.8 Å². The minimum atomic E-state index is -1.42. The molecule has 0 aliphatic carbocycles. The molecule has 0 atom stereocenters. The summed E-state index contributed by atoms with van der Waals surface area (Å²) in [5.41, 5.74) is 5.03.